The second-order valence-corrected chi connectivity index (χ2v) is 8.89. The SMILES string of the molecule is O=C(NO)C1=Cc2c(ccn(CCN(C(=O)C3CC3)c3cccc(N4CCC=N4)c3)c2=O)C=CC1. The molecule has 1 aliphatic heterocycles. The van der Waals surface area contributed by atoms with Crippen LogP contribution in [0, 0.1) is 5.92 Å². The number of hydrogen-bond acceptors (Lipinski definition) is 6. The summed E-state index contributed by atoms with van der Waals surface area (Å²) < 4.78 is 1.56. The molecule has 9 heteroatoms. The number of carbonyl (C=O) groups is 2. The lowest BCUT2D eigenvalue weighted by atomic mass is 10.1. The van der Waals surface area contributed by atoms with Crippen LogP contribution < -0.4 is 20.9 Å². The molecule has 2 N–H and O–H groups in total. The number of allylic oxidation sites excluding steroid dienone is 1. The zero-order chi connectivity index (χ0) is 24.4. The molecule has 0 radical (unpaired) electrons. The van der Waals surface area contributed by atoms with E-state index >= 15 is 0 Å². The molecular weight excluding hydrogens is 446 g/mol. The summed E-state index contributed by atoms with van der Waals surface area (Å²) in [6, 6.07) is 9.60. The molecule has 0 unspecified atom stereocenters. The van der Waals surface area contributed by atoms with Crippen molar-refractivity contribution in [3.8, 4) is 0 Å². The fourth-order valence-corrected chi connectivity index (χ4v) is 4.38. The summed E-state index contributed by atoms with van der Waals surface area (Å²) in [5.41, 5.74) is 4.48. The first-order chi connectivity index (χ1) is 17.0. The van der Waals surface area contributed by atoms with Crippen LogP contribution in [0.25, 0.3) is 12.2 Å². The molecular formula is C26H27N5O4. The quantitative estimate of drug-likeness (QED) is 0.475. The fraction of sp³-hybridized carbons (Fsp3) is 0.308. The van der Waals surface area contributed by atoms with Crippen molar-refractivity contribution in [1.29, 1.82) is 0 Å². The number of nitrogens with zero attached hydrogens (tertiary/aromatic N) is 4. The van der Waals surface area contributed by atoms with Gasteiger partial charge in [-0.25, -0.2) is 5.48 Å². The number of nitrogens with one attached hydrogen (secondary N) is 1. The largest absolute Gasteiger partial charge is 0.313 e. The molecule has 180 valence electrons. The number of aromatic nitrogens is 1. The number of benzene rings is 1. The van der Waals surface area contributed by atoms with Gasteiger partial charge >= 0.3 is 0 Å². The Morgan fingerprint density at radius 2 is 2.09 bits per heavy atom. The minimum atomic E-state index is -0.638. The van der Waals surface area contributed by atoms with Crippen molar-refractivity contribution in [3.63, 3.8) is 0 Å². The summed E-state index contributed by atoms with van der Waals surface area (Å²) in [6.07, 6.45) is 11.7. The zero-order valence-corrected chi connectivity index (χ0v) is 19.3. The minimum Gasteiger partial charge on any atom is -0.313 e. The van der Waals surface area contributed by atoms with Crippen LogP contribution in [0.4, 0.5) is 11.4 Å². The van der Waals surface area contributed by atoms with Crippen LogP contribution >= 0.6 is 0 Å². The van der Waals surface area contributed by atoms with E-state index in [2.05, 4.69) is 5.10 Å². The number of hydrazone groups is 1. The van der Waals surface area contributed by atoms with Crippen LogP contribution in [0.5, 0.6) is 0 Å². The smallest absolute Gasteiger partial charge is 0.270 e. The lowest BCUT2D eigenvalue weighted by Crippen LogP contribution is -2.37. The van der Waals surface area contributed by atoms with Gasteiger partial charge in [-0.05, 0) is 55.2 Å². The Morgan fingerprint density at radius 3 is 2.83 bits per heavy atom. The molecule has 0 atom stereocenters. The normalized spacial score (nSPS) is 16.5. The zero-order valence-electron chi connectivity index (χ0n) is 19.3. The van der Waals surface area contributed by atoms with Gasteiger partial charge in [-0.3, -0.25) is 24.6 Å². The Bertz CT molecular complexity index is 1310. The van der Waals surface area contributed by atoms with Gasteiger partial charge in [0.25, 0.3) is 11.5 Å². The lowest BCUT2D eigenvalue weighted by Gasteiger charge is -2.25. The van der Waals surface area contributed by atoms with E-state index in [0.717, 1.165) is 37.2 Å². The van der Waals surface area contributed by atoms with Gasteiger partial charge in [-0.15, -0.1) is 0 Å². The van der Waals surface area contributed by atoms with Gasteiger partial charge in [0.15, 0.2) is 0 Å². The van der Waals surface area contributed by atoms with E-state index in [4.69, 9.17) is 5.21 Å². The maximum absolute atomic E-state index is 13.3. The van der Waals surface area contributed by atoms with Crippen molar-refractivity contribution >= 4 is 41.6 Å². The molecule has 2 aromatic rings. The topological polar surface area (TPSA) is 107 Å². The number of anilines is 2. The molecule has 2 amide bonds. The van der Waals surface area contributed by atoms with Gasteiger partial charge in [-0.1, -0.05) is 18.2 Å². The minimum absolute atomic E-state index is 0.0276. The third-order valence-corrected chi connectivity index (χ3v) is 6.47. The summed E-state index contributed by atoms with van der Waals surface area (Å²) in [6.45, 7) is 1.45. The van der Waals surface area contributed by atoms with Crippen molar-refractivity contribution in [3.05, 3.63) is 69.7 Å². The Balaban J connectivity index is 1.42. The number of amides is 2. The predicted octanol–water partition coefficient (Wildman–Crippen LogP) is 2.79. The van der Waals surface area contributed by atoms with E-state index in [9.17, 15) is 14.4 Å². The van der Waals surface area contributed by atoms with Crippen LogP contribution in [0.3, 0.4) is 0 Å². The van der Waals surface area contributed by atoms with Crippen molar-refractivity contribution in [2.75, 3.05) is 23.0 Å². The van der Waals surface area contributed by atoms with Gasteiger partial charge in [-0.2, -0.15) is 5.10 Å². The number of pyridine rings is 1. The van der Waals surface area contributed by atoms with Gasteiger partial charge in [0.05, 0.1) is 5.69 Å². The first kappa shape index (κ1) is 22.8. The van der Waals surface area contributed by atoms with Crippen LogP contribution in [0.2, 0.25) is 0 Å². The molecule has 1 aromatic carbocycles. The lowest BCUT2D eigenvalue weighted by molar-refractivity contribution is -0.125. The third kappa shape index (κ3) is 4.81. The standard InChI is InChI=1S/C26H27N5O4/c32-24(28-35)20-5-1-4-18-10-13-29(26(34)23(18)16-20)14-15-30(25(33)19-8-9-19)21-6-2-7-22(17-21)31-12-3-11-27-31/h1-2,4,6-7,10-11,13,16-17,19,35H,3,5,8-9,12,14-15H2,(H,28,32). The second-order valence-electron chi connectivity index (χ2n) is 8.89. The van der Waals surface area contributed by atoms with E-state index < -0.39 is 5.91 Å². The maximum Gasteiger partial charge on any atom is 0.270 e. The number of fused-ring (bicyclic) bond motifs is 1. The van der Waals surface area contributed by atoms with Gasteiger partial charge in [0.2, 0.25) is 5.91 Å². The van der Waals surface area contributed by atoms with Crippen LogP contribution in [-0.2, 0) is 16.1 Å². The third-order valence-electron chi connectivity index (χ3n) is 6.47. The van der Waals surface area contributed by atoms with Gasteiger partial charge < -0.3 is 9.47 Å². The van der Waals surface area contributed by atoms with E-state index in [1.54, 1.807) is 33.3 Å². The number of carbonyl (C=O) groups excluding carboxylic acids is 2. The van der Waals surface area contributed by atoms with Crippen LogP contribution in [0.15, 0.2) is 58.1 Å². The van der Waals surface area contributed by atoms with Crippen molar-refractivity contribution in [2.45, 2.75) is 32.2 Å². The number of hydroxylamine groups is 1. The van der Waals surface area contributed by atoms with Crippen molar-refractivity contribution in [1.82, 2.24) is 10.0 Å². The van der Waals surface area contributed by atoms with E-state index in [1.165, 1.54) is 6.08 Å². The number of rotatable bonds is 7. The molecule has 0 saturated heterocycles. The summed E-state index contributed by atoms with van der Waals surface area (Å²) in [5, 5.41) is 15.3. The van der Waals surface area contributed by atoms with E-state index in [-0.39, 0.29) is 17.4 Å². The average molecular weight is 474 g/mol. The molecule has 9 nitrogen and oxygen atoms in total. The molecule has 1 aromatic heterocycles. The molecule has 35 heavy (non-hydrogen) atoms. The Morgan fingerprint density at radius 1 is 1.23 bits per heavy atom. The highest BCUT2D eigenvalue weighted by Gasteiger charge is 2.34. The van der Waals surface area contributed by atoms with E-state index in [1.807, 2.05) is 41.6 Å². The molecule has 0 spiro atoms. The maximum atomic E-state index is 13.3. The Labute approximate surface area is 202 Å². The fourth-order valence-electron chi connectivity index (χ4n) is 4.38. The summed E-state index contributed by atoms with van der Waals surface area (Å²) in [4.78, 5) is 40.2. The van der Waals surface area contributed by atoms with Crippen molar-refractivity contribution in [2.24, 2.45) is 11.0 Å². The molecule has 1 fully saturated rings. The number of hydrogen-bond donors (Lipinski definition) is 2. The van der Waals surface area contributed by atoms with E-state index in [0.29, 0.717) is 36.2 Å². The predicted molar refractivity (Wildman–Crippen MR) is 134 cm³/mol. The average Bonchev–Trinajstić information content (AvgIpc) is 3.63. The summed E-state index contributed by atoms with van der Waals surface area (Å²) in [7, 11) is 0. The second kappa shape index (κ2) is 9.71. The van der Waals surface area contributed by atoms with Gasteiger partial charge in [0.1, 0.15) is 0 Å². The molecule has 2 heterocycles. The molecule has 5 rings (SSSR count). The summed E-state index contributed by atoms with van der Waals surface area (Å²) in [5.74, 6) is -0.541. The van der Waals surface area contributed by atoms with Crippen LogP contribution in [-0.4, -0.2) is 40.9 Å². The Hall–Kier alpha value is -3.98. The van der Waals surface area contributed by atoms with Crippen molar-refractivity contribution < 1.29 is 14.8 Å². The van der Waals surface area contributed by atoms with Gasteiger partial charge in [0, 0.05) is 61.2 Å². The molecule has 2 aliphatic carbocycles. The first-order valence-corrected chi connectivity index (χ1v) is 11.8. The summed E-state index contributed by atoms with van der Waals surface area (Å²) >= 11 is 0. The molecule has 0 bridgehead atoms. The molecule has 1 saturated carbocycles. The molecule has 3 aliphatic rings. The highest BCUT2D eigenvalue weighted by molar-refractivity contribution is 5.98. The van der Waals surface area contributed by atoms with Crippen LogP contribution in [0.1, 0.15) is 36.8 Å². The highest BCUT2D eigenvalue weighted by Crippen LogP contribution is 2.34. The Kier molecular flexibility index (Phi) is 6.33. The monoisotopic (exact) mass is 473 g/mol. The highest BCUT2D eigenvalue weighted by atomic mass is 16.5. The first-order valence-electron chi connectivity index (χ1n) is 11.8.